The number of carbonyl (C=O) groups excluding carboxylic acids is 1. The molecular weight excluding hydrogens is 288 g/mol. The van der Waals surface area contributed by atoms with E-state index in [-0.39, 0.29) is 5.91 Å². The number of hydrazine groups is 1. The van der Waals surface area contributed by atoms with Crippen LogP contribution < -0.4 is 10.9 Å². The molecule has 1 saturated heterocycles. The molecule has 2 heterocycles. The van der Waals surface area contributed by atoms with Crippen molar-refractivity contribution < 1.29 is 4.79 Å². The molecule has 1 fully saturated rings. The van der Waals surface area contributed by atoms with Crippen molar-refractivity contribution >= 4 is 17.5 Å². The van der Waals surface area contributed by atoms with Crippen LogP contribution >= 0.6 is 11.6 Å². The summed E-state index contributed by atoms with van der Waals surface area (Å²) in [4.78, 5) is 18.0. The van der Waals surface area contributed by atoms with Crippen molar-refractivity contribution in [3.05, 3.63) is 29.0 Å². The maximum atomic E-state index is 12.2. The Kier molecular flexibility index (Phi) is 5.56. The van der Waals surface area contributed by atoms with Gasteiger partial charge in [0.25, 0.3) is 5.91 Å². The summed E-state index contributed by atoms with van der Waals surface area (Å²) >= 11 is 5.78. The van der Waals surface area contributed by atoms with Gasteiger partial charge in [-0.2, -0.15) is 0 Å². The lowest BCUT2D eigenvalue weighted by Gasteiger charge is -2.21. The minimum absolute atomic E-state index is 0.0598. The van der Waals surface area contributed by atoms with Crippen LogP contribution in [0.25, 0.3) is 0 Å². The van der Waals surface area contributed by atoms with E-state index < -0.39 is 0 Å². The first-order chi connectivity index (χ1) is 9.99. The van der Waals surface area contributed by atoms with Crippen LogP contribution in [0.2, 0.25) is 5.02 Å². The SMILES string of the molecule is CC1NNC(C)C1CCCN(C)C(=O)c1ccc(Cl)cn1. The molecule has 1 aliphatic rings. The van der Waals surface area contributed by atoms with Gasteiger partial charge in [-0.05, 0) is 44.7 Å². The highest BCUT2D eigenvalue weighted by atomic mass is 35.5. The molecule has 2 rings (SSSR count). The van der Waals surface area contributed by atoms with Crippen LogP contribution in [-0.2, 0) is 0 Å². The van der Waals surface area contributed by atoms with Crippen molar-refractivity contribution in [3.63, 3.8) is 0 Å². The number of hydrogen-bond donors (Lipinski definition) is 2. The monoisotopic (exact) mass is 310 g/mol. The summed E-state index contributed by atoms with van der Waals surface area (Å²) in [6.45, 7) is 5.11. The van der Waals surface area contributed by atoms with Crippen molar-refractivity contribution in [2.75, 3.05) is 13.6 Å². The predicted octanol–water partition coefficient (Wildman–Crippen LogP) is 2.09. The molecular formula is C15H23ClN4O. The minimum Gasteiger partial charge on any atom is -0.340 e. The molecule has 0 aromatic carbocycles. The van der Waals surface area contributed by atoms with Crippen LogP contribution in [0.4, 0.5) is 0 Å². The summed E-state index contributed by atoms with van der Waals surface area (Å²) in [5, 5.41) is 0.540. The van der Waals surface area contributed by atoms with Crippen molar-refractivity contribution in [1.82, 2.24) is 20.7 Å². The molecule has 0 radical (unpaired) electrons. The van der Waals surface area contributed by atoms with Gasteiger partial charge in [-0.3, -0.25) is 15.6 Å². The molecule has 116 valence electrons. The van der Waals surface area contributed by atoms with Crippen molar-refractivity contribution in [1.29, 1.82) is 0 Å². The van der Waals surface area contributed by atoms with Crippen molar-refractivity contribution in [2.24, 2.45) is 5.92 Å². The summed E-state index contributed by atoms with van der Waals surface area (Å²) in [5.74, 6) is 0.539. The van der Waals surface area contributed by atoms with Crippen LogP contribution in [0.1, 0.15) is 37.2 Å². The highest BCUT2D eigenvalue weighted by Crippen LogP contribution is 2.20. The Bertz CT molecular complexity index is 469. The van der Waals surface area contributed by atoms with Gasteiger partial charge in [0.2, 0.25) is 0 Å². The average Bonchev–Trinajstić information content (AvgIpc) is 2.79. The molecule has 2 unspecified atom stereocenters. The first kappa shape index (κ1) is 16.2. The number of rotatable bonds is 5. The van der Waals surface area contributed by atoms with E-state index in [1.807, 2.05) is 7.05 Å². The van der Waals surface area contributed by atoms with Gasteiger partial charge in [0, 0.05) is 31.9 Å². The lowest BCUT2D eigenvalue weighted by atomic mass is 9.91. The van der Waals surface area contributed by atoms with Gasteiger partial charge >= 0.3 is 0 Å². The third-order valence-corrected chi connectivity index (χ3v) is 4.37. The Balaban J connectivity index is 1.80. The molecule has 0 saturated carbocycles. The van der Waals surface area contributed by atoms with Gasteiger partial charge in [0.1, 0.15) is 5.69 Å². The predicted molar refractivity (Wildman–Crippen MR) is 84.1 cm³/mol. The van der Waals surface area contributed by atoms with Crippen LogP contribution in [0.15, 0.2) is 18.3 Å². The Morgan fingerprint density at radius 2 is 2.00 bits per heavy atom. The number of nitrogens with zero attached hydrogens (tertiary/aromatic N) is 2. The van der Waals surface area contributed by atoms with Crippen molar-refractivity contribution in [3.8, 4) is 0 Å². The summed E-state index contributed by atoms with van der Waals surface area (Å²) < 4.78 is 0. The zero-order valence-corrected chi connectivity index (χ0v) is 13.5. The third kappa shape index (κ3) is 4.15. The van der Waals surface area contributed by atoms with E-state index in [1.54, 1.807) is 17.0 Å². The number of carbonyl (C=O) groups is 1. The molecule has 6 heteroatoms. The maximum absolute atomic E-state index is 12.2. The molecule has 1 aromatic rings. The van der Waals surface area contributed by atoms with Crippen molar-refractivity contribution in [2.45, 2.75) is 38.8 Å². The number of nitrogens with one attached hydrogen (secondary N) is 2. The van der Waals surface area contributed by atoms with E-state index in [0.717, 1.165) is 19.4 Å². The highest BCUT2D eigenvalue weighted by Gasteiger charge is 2.29. The van der Waals surface area contributed by atoms with Crippen LogP contribution in [0.5, 0.6) is 0 Å². The van der Waals surface area contributed by atoms with Gasteiger partial charge < -0.3 is 4.90 Å². The Morgan fingerprint density at radius 1 is 1.33 bits per heavy atom. The molecule has 0 bridgehead atoms. The normalized spacial score (nSPS) is 25.0. The molecule has 2 N–H and O–H groups in total. The smallest absolute Gasteiger partial charge is 0.272 e. The summed E-state index contributed by atoms with van der Waals surface area (Å²) in [5.41, 5.74) is 6.95. The largest absolute Gasteiger partial charge is 0.340 e. The highest BCUT2D eigenvalue weighted by molar-refractivity contribution is 6.30. The van der Waals surface area contributed by atoms with E-state index in [2.05, 4.69) is 29.7 Å². The van der Waals surface area contributed by atoms with E-state index in [9.17, 15) is 4.79 Å². The first-order valence-corrected chi connectivity index (χ1v) is 7.75. The molecule has 2 atom stereocenters. The lowest BCUT2D eigenvalue weighted by Crippen LogP contribution is -2.30. The summed E-state index contributed by atoms with van der Waals surface area (Å²) in [6, 6.07) is 4.29. The second kappa shape index (κ2) is 7.20. The zero-order valence-electron chi connectivity index (χ0n) is 12.8. The molecule has 0 spiro atoms. The number of halogens is 1. The molecule has 21 heavy (non-hydrogen) atoms. The fraction of sp³-hybridized carbons (Fsp3) is 0.600. The molecule has 1 aromatic heterocycles. The molecule has 0 aliphatic carbocycles. The van der Waals surface area contributed by atoms with Gasteiger partial charge in [-0.15, -0.1) is 0 Å². The quantitative estimate of drug-likeness (QED) is 0.874. The lowest BCUT2D eigenvalue weighted by molar-refractivity contribution is 0.0785. The fourth-order valence-electron chi connectivity index (χ4n) is 2.77. The summed E-state index contributed by atoms with van der Waals surface area (Å²) in [6.07, 6.45) is 3.58. The van der Waals surface area contributed by atoms with Crippen LogP contribution in [0, 0.1) is 5.92 Å². The fourth-order valence-corrected chi connectivity index (χ4v) is 2.89. The molecule has 5 nitrogen and oxygen atoms in total. The van der Waals surface area contributed by atoms with Gasteiger partial charge in [-0.25, -0.2) is 4.98 Å². The Morgan fingerprint density at radius 3 is 2.57 bits per heavy atom. The first-order valence-electron chi connectivity index (χ1n) is 7.37. The van der Waals surface area contributed by atoms with Crippen LogP contribution in [0.3, 0.4) is 0 Å². The molecule has 1 amide bonds. The minimum atomic E-state index is -0.0598. The van der Waals surface area contributed by atoms with E-state index in [4.69, 9.17) is 11.6 Å². The maximum Gasteiger partial charge on any atom is 0.272 e. The second-order valence-electron chi connectivity index (χ2n) is 5.76. The van der Waals surface area contributed by atoms with E-state index >= 15 is 0 Å². The molecule has 1 aliphatic heterocycles. The number of pyridine rings is 1. The Hall–Kier alpha value is -1.17. The van der Waals surface area contributed by atoms with Gasteiger partial charge in [0.15, 0.2) is 0 Å². The third-order valence-electron chi connectivity index (χ3n) is 4.15. The van der Waals surface area contributed by atoms with Crippen LogP contribution in [-0.4, -0.2) is 41.5 Å². The number of hydrogen-bond acceptors (Lipinski definition) is 4. The number of amides is 1. The second-order valence-corrected chi connectivity index (χ2v) is 6.20. The standard InChI is InChI=1S/C15H23ClN4O/c1-10-13(11(2)19-18-10)5-4-8-20(3)15(21)14-7-6-12(16)9-17-14/h6-7,9-11,13,18-19H,4-5,8H2,1-3H3. The van der Waals surface area contributed by atoms with Gasteiger partial charge in [-0.1, -0.05) is 11.6 Å². The van der Waals surface area contributed by atoms with E-state index in [1.165, 1.54) is 6.20 Å². The van der Waals surface area contributed by atoms with E-state index in [0.29, 0.717) is 28.7 Å². The Labute approximate surface area is 131 Å². The average molecular weight is 311 g/mol. The van der Waals surface area contributed by atoms with Gasteiger partial charge in [0.05, 0.1) is 5.02 Å². The topological polar surface area (TPSA) is 57.3 Å². The summed E-state index contributed by atoms with van der Waals surface area (Å²) in [7, 11) is 1.82. The number of aromatic nitrogens is 1. The zero-order chi connectivity index (χ0) is 15.4.